The lowest BCUT2D eigenvalue weighted by Gasteiger charge is -2.13. The van der Waals surface area contributed by atoms with Crippen LogP contribution < -0.4 is 10.5 Å². The summed E-state index contributed by atoms with van der Waals surface area (Å²) in [5.41, 5.74) is 7.99. The number of sulfonamides is 1. The topological polar surface area (TPSA) is 148 Å². The van der Waals surface area contributed by atoms with Crippen molar-refractivity contribution in [2.75, 3.05) is 17.2 Å². The monoisotopic (exact) mass is 441 g/mol. The molecule has 4 rings (SSSR count). The zero-order valence-corrected chi connectivity index (χ0v) is 16.8. The molecule has 1 fully saturated rings. The third-order valence-electron chi connectivity index (χ3n) is 4.52. The molecule has 1 aliphatic heterocycles. The number of sulfone groups is 1. The van der Waals surface area contributed by atoms with Crippen molar-refractivity contribution in [1.82, 2.24) is 19.9 Å². The number of fused-ring (bicyclic) bond motifs is 1. The Kier molecular flexibility index (Phi) is 4.57. The first-order valence-electron chi connectivity index (χ1n) is 8.28. The maximum atomic E-state index is 12.6. The van der Waals surface area contributed by atoms with Gasteiger partial charge in [0.1, 0.15) is 5.52 Å². The van der Waals surface area contributed by atoms with E-state index in [1.54, 1.807) is 18.2 Å². The predicted octanol–water partition coefficient (Wildman–Crippen LogP) is 1.33. The highest BCUT2D eigenvalue weighted by Gasteiger charge is 2.31. The van der Waals surface area contributed by atoms with Crippen LogP contribution in [0, 0.1) is 0 Å². The van der Waals surface area contributed by atoms with Gasteiger partial charge in [0.25, 0.3) is 0 Å². The number of H-pyrrole nitrogens is 1. The van der Waals surface area contributed by atoms with Crippen molar-refractivity contribution in [3.63, 3.8) is 0 Å². The van der Waals surface area contributed by atoms with E-state index in [1.807, 2.05) is 0 Å². The molecule has 3 aromatic rings. The molecule has 1 unspecified atom stereocenters. The summed E-state index contributed by atoms with van der Waals surface area (Å²) in [6, 6.07) is 7.10. The van der Waals surface area contributed by atoms with Gasteiger partial charge >= 0.3 is 0 Å². The molecule has 0 amide bonds. The first kappa shape index (κ1) is 19.1. The SMILES string of the molecule is Nc1n[nH]c2ccc(-c3ccc(S(=O)(=O)NC4CCS(=O)(=O)C4)cc3Cl)nc12. The van der Waals surface area contributed by atoms with E-state index in [0.29, 0.717) is 22.3 Å². The number of nitrogens with zero attached hydrogens (tertiary/aromatic N) is 2. The summed E-state index contributed by atoms with van der Waals surface area (Å²) in [4.78, 5) is 4.38. The molecule has 0 spiro atoms. The Labute approximate surface area is 166 Å². The quantitative estimate of drug-likeness (QED) is 0.552. The number of pyridine rings is 1. The first-order chi connectivity index (χ1) is 13.1. The summed E-state index contributed by atoms with van der Waals surface area (Å²) in [5, 5.41) is 6.83. The van der Waals surface area contributed by atoms with E-state index < -0.39 is 25.9 Å². The fourth-order valence-electron chi connectivity index (χ4n) is 3.11. The van der Waals surface area contributed by atoms with Gasteiger partial charge in [0.15, 0.2) is 15.7 Å². The van der Waals surface area contributed by atoms with Gasteiger partial charge in [-0.2, -0.15) is 5.10 Å². The fraction of sp³-hybridized carbons (Fsp3) is 0.250. The van der Waals surface area contributed by atoms with Gasteiger partial charge in [-0.05, 0) is 36.8 Å². The van der Waals surface area contributed by atoms with E-state index in [9.17, 15) is 16.8 Å². The van der Waals surface area contributed by atoms with Crippen molar-refractivity contribution in [3.05, 3.63) is 35.4 Å². The highest BCUT2D eigenvalue weighted by Crippen LogP contribution is 2.31. The second-order valence-corrected chi connectivity index (χ2v) is 10.9. The highest BCUT2D eigenvalue weighted by molar-refractivity contribution is 7.92. The maximum absolute atomic E-state index is 12.6. The molecule has 1 aromatic carbocycles. The number of nitrogen functional groups attached to an aromatic ring is 1. The van der Waals surface area contributed by atoms with Crippen molar-refractivity contribution in [1.29, 1.82) is 0 Å². The third kappa shape index (κ3) is 3.58. The molecule has 4 N–H and O–H groups in total. The molecule has 0 saturated carbocycles. The fourth-order valence-corrected chi connectivity index (χ4v) is 6.53. The minimum atomic E-state index is -3.90. The van der Waals surface area contributed by atoms with Crippen LogP contribution in [0.2, 0.25) is 5.02 Å². The Hall–Kier alpha value is -2.21. The van der Waals surface area contributed by atoms with E-state index in [0.717, 1.165) is 0 Å². The molecule has 0 aliphatic carbocycles. The van der Waals surface area contributed by atoms with Gasteiger partial charge in [0.05, 0.1) is 32.6 Å². The molecule has 1 aliphatic rings. The third-order valence-corrected chi connectivity index (χ3v) is 8.11. The minimum Gasteiger partial charge on any atom is -0.380 e. The maximum Gasteiger partial charge on any atom is 0.240 e. The van der Waals surface area contributed by atoms with Crippen molar-refractivity contribution in [2.45, 2.75) is 17.4 Å². The van der Waals surface area contributed by atoms with Gasteiger partial charge in [0.2, 0.25) is 10.0 Å². The van der Waals surface area contributed by atoms with Crippen LogP contribution in [0.5, 0.6) is 0 Å². The molecule has 9 nitrogen and oxygen atoms in total. The molecule has 28 heavy (non-hydrogen) atoms. The molecule has 0 bridgehead atoms. The molecular formula is C16H16ClN5O4S2. The number of anilines is 1. The van der Waals surface area contributed by atoms with Crippen molar-refractivity contribution in [2.24, 2.45) is 0 Å². The van der Waals surface area contributed by atoms with Crippen molar-refractivity contribution < 1.29 is 16.8 Å². The molecule has 12 heteroatoms. The Balaban J connectivity index is 1.64. The van der Waals surface area contributed by atoms with E-state index in [-0.39, 0.29) is 33.7 Å². The van der Waals surface area contributed by atoms with Crippen molar-refractivity contribution >= 4 is 48.3 Å². The number of hydrogen-bond donors (Lipinski definition) is 3. The summed E-state index contributed by atoms with van der Waals surface area (Å²) in [7, 11) is -7.10. The second-order valence-electron chi connectivity index (χ2n) is 6.56. The van der Waals surface area contributed by atoms with Gasteiger partial charge in [0, 0.05) is 11.6 Å². The number of rotatable bonds is 4. The van der Waals surface area contributed by atoms with Gasteiger partial charge in [-0.15, -0.1) is 0 Å². The zero-order chi connectivity index (χ0) is 20.1. The van der Waals surface area contributed by atoms with Crippen LogP contribution in [0.4, 0.5) is 5.82 Å². The summed E-state index contributed by atoms with van der Waals surface area (Å²) in [6.07, 6.45) is 0.253. The molecule has 148 valence electrons. The number of halogens is 1. The smallest absolute Gasteiger partial charge is 0.240 e. The summed E-state index contributed by atoms with van der Waals surface area (Å²) in [5.74, 6) is 0.0297. The first-order valence-corrected chi connectivity index (χ1v) is 12.0. The van der Waals surface area contributed by atoms with Crippen LogP contribution >= 0.6 is 11.6 Å². The normalized spacial score (nSPS) is 19.2. The average Bonchev–Trinajstić information content (AvgIpc) is 3.16. The Morgan fingerprint density at radius 2 is 2.04 bits per heavy atom. The van der Waals surface area contributed by atoms with Crippen molar-refractivity contribution in [3.8, 4) is 11.3 Å². The van der Waals surface area contributed by atoms with Crippen LogP contribution in [0.1, 0.15) is 6.42 Å². The summed E-state index contributed by atoms with van der Waals surface area (Å²) < 4.78 is 50.7. The predicted molar refractivity (Wildman–Crippen MR) is 106 cm³/mol. The van der Waals surface area contributed by atoms with E-state index >= 15 is 0 Å². The Morgan fingerprint density at radius 1 is 1.25 bits per heavy atom. The number of hydrogen-bond acceptors (Lipinski definition) is 7. The van der Waals surface area contributed by atoms with Crippen LogP contribution in [-0.2, 0) is 19.9 Å². The van der Waals surface area contributed by atoms with Gasteiger partial charge in [-0.25, -0.2) is 26.5 Å². The van der Waals surface area contributed by atoms with Crippen LogP contribution in [-0.4, -0.2) is 49.6 Å². The molecule has 3 heterocycles. The molecule has 1 atom stereocenters. The average molecular weight is 442 g/mol. The van der Waals surface area contributed by atoms with Crippen LogP contribution in [0.25, 0.3) is 22.3 Å². The standard InChI is InChI=1S/C16H16ClN5O4S2/c17-12-7-10(28(25,26)22-9-5-6-27(23,24)8-9)1-2-11(12)13-3-4-14-15(19-13)16(18)21-20-14/h1-4,7,9,22H,5-6,8H2,(H3,18,20,21). The molecule has 1 saturated heterocycles. The number of aromatic nitrogens is 3. The Bertz CT molecular complexity index is 1290. The summed E-state index contributed by atoms with van der Waals surface area (Å²) >= 11 is 6.31. The molecular weight excluding hydrogens is 426 g/mol. The van der Waals surface area contributed by atoms with E-state index in [4.69, 9.17) is 17.3 Å². The summed E-state index contributed by atoms with van der Waals surface area (Å²) in [6.45, 7) is 0. The number of benzene rings is 1. The van der Waals surface area contributed by atoms with Crippen LogP contribution in [0.3, 0.4) is 0 Å². The number of aromatic amines is 1. The van der Waals surface area contributed by atoms with Gasteiger partial charge < -0.3 is 5.73 Å². The Morgan fingerprint density at radius 3 is 2.71 bits per heavy atom. The van der Waals surface area contributed by atoms with Crippen LogP contribution in [0.15, 0.2) is 35.2 Å². The van der Waals surface area contributed by atoms with Gasteiger partial charge in [-0.1, -0.05) is 11.6 Å². The molecule has 0 radical (unpaired) electrons. The minimum absolute atomic E-state index is 0.0226. The van der Waals surface area contributed by atoms with E-state index in [2.05, 4.69) is 19.9 Å². The number of nitrogens with one attached hydrogen (secondary N) is 2. The lowest BCUT2D eigenvalue weighted by molar-refractivity contribution is 0.562. The second kappa shape index (κ2) is 6.69. The highest BCUT2D eigenvalue weighted by atomic mass is 35.5. The van der Waals surface area contributed by atoms with Gasteiger partial charge in [-0.3, -0.25) is 5.10 Å². The lowest BCUT2D eigenvalue weighted by Crippen LogP contribution is -2.35. The van der Waals surface area contributed by atoms with E-state index in [1.165, 1.54) is 12.1 Å². The zero-order valence-electron chi connectivity index (χ0n) is 14.4. The largest absolute Gasteiger partial charge is 0.380 e. The molecule has 2 aromatic heterocycles. The number of nitrogens with two attached hydrogens (primary N) is 1. The lowest BCUT2D eigenvalue weighted by atomic mass is 10.1.